The van der Waals surface area contributed by atoms with Crippen molar-refractivity contribution in [2.24, 2.45) is 0 Å². The lowest BCUT2D eigenvalue weighted by atomic mass is 10.1. The Bertz CT molecular complexity index is 1530. The normalized spacial score (nSPS) is 14.5. The highest BCUT2D eigenvalue weighted by atomic mass is 79.9. The second kappa shape index (κ2) is 11.5. The Labute approximate surface area is 240 Å². The van der Waals surface area contributed by atoms with Crippen LogP contribution in [0.4, 0.5) is 5.69 Å². The topological polar surface area (TPSA) is 105 Å². The fraction of sp³-hybridized carbons (Fsp3) is 0.0769. The van der Waals surface area contributed by atoms with Crippen LogP contribution in [-0.4, -0.2) is 35.1 Å². The monoisotopic (exact) mass is 634 g/mol. The van der Waals surface area contributed by atoms with E-state index in [1.54, 1.807) is 30.3 Å². The first-order chi connectivity index (χ1) is 18.1. The molecule has 1 heterocycles. The molecule has 38 heavy (non-hydrogen) atoms. The largest absolute Gasteiger partial charge is 0.493 e. The summed E-state index contributed by atoms with van der Waals surface area (Å²) in [6, 6.07) is 14.1. The van der Waals surface area contributed by atoms with Gasteiger partial charge in [-0.15, -0.1) is 0 Å². The van der Waals surface area contributed by atoms with Crippen LogP contribution in [0.25, 0.3) is 6.08 Å². The van der Waals surface area contributed by atoms with Crippen LogP contribution in [0.1, 0.15) is 21.5 Å². The van der Waals surface area contributed by atoms with E-state index in [9.17, 15) is 19.5 Å². The second-order valence-corrected chi connectivity index (χ2v) is 9.94. The molecule has 0 spiro atoms. The number of thiocarbonyl (C=S) groups is 1. The zero-order valence-corrected chi connectivity index (χ0v) is 23.4. The van der Waals surface area contributed by atoms with Gasteiger partial charge in [0.2, 0.25) is 0 Å². The van der Waals surface area contributed by atoms with E-state index in [1.807, 2.05) is 0 Å². The van der Waals surface area contributed by atoms with E-state index in [2.05, 4.69) is 21.2 Å². The van der Waals surface area contributed by atoms with E-state index in [4.69, 9.17) is 44.9 Å². The summed E-state index contributed by atoms with van der Waals surface area (Å²) in [5.41, 5.74) is 1.20. The molecule has 1 aliphatic rings. The maximum absolute atomic E-state index is 13.3. The fourth-order valence-corrected chi connectivity index (χ4v) is 4.76. The molecule has 3 aromatic carbocycles. The fourth-order valence-electron chi connectivity index (χ4n) is 3.58. The number of ether oxygens (including phenoxy) is 2. The molecule has 2 amide bonds. The summed E-state index contributed by atoms with van der Waals surface area (Å²) < 4.78 is 11.9. The molecule has 1 saturated heterocycles. The van der Waals surface area contributed by atoms with Crippen molar-refractivity contribution < 1.29 is 29.0 Å². The molecule has 0 saturated carbocycles. The standard InChI is InChI=1S/C26H17BrCl2N2O6S/c1-36-21-10-14(8-18(27)22(21)37-12-13-5-6-19(28)20(29)9-13)7-17-23(32)30-26(38)31(24(17)33)16-4-2-3-15(11-16)25(34)35/h2-11H,12H2,1H3,(H,34,35)(H,30,32,38). The minimum Gasteiger partial charge on any atom is -0.493 e. The Morgan fingerprint density at radius 2 is 1.89 bits per heavy atom. The Hall–Kier alpha value is -3.44. The van der Waals surface area contributed by atoms with Gasteiger partial charge in [-0.05, 0) is 87.8 Å². The van der Waals surface area contributed by atoms with Gasteiger partial charge in [0.25, 0.3) is 11.8 Å². The maximum Gasteiger partial charge on any atom is 0.335 e. The summed E-state index contributed by atoms with van der Waals surface area (Å²) in [6.07, 6.45) is 1.38. The van der Waals surface area contributed by atoms with Crippen LogP contribution in [0, 0.1) is 0 Å². The van der Waals surface area contributed by atoms with Gasteiger partial charge in [-0.1, -0.05) is 35.3 Å². The number of methoxy groups -OCH3 is 1. The van der Waals surface area contributed by atoms with Crippen molar-refractivity contribution in [3.63, 3.8) is 0 Å². The first kappa shape index (κ1) is 27.6. The number of hydrogen-bond acceptors (Lipinski definition) is 6. The molecular formula is C26H17BrCl2N2O6S. The minimum atomic E-state index is -1.17. The number of hydrogen-bond donors (Lipinski definition) is 2. The van der Waals surface area contributed by atoms with Crippen molar-refractivity contribution >= 4 is 86.0 Å². The number of rotatable bonds is 7. The number of aromatic carboxylic acids is 1. The van der Waals surface area contributed by atoms with Gasteiger partial charge in [-0.2, -0.15) is 0 Å². The van der Waals surface area contributed by atoms with Crippen LogP contribution in [-0.2, 0) is 16.2 Å². The molecule has 12 heteroatoms. The number of carbonyl (C=O) groups excluding carboxylic acids is 2. The molecule has 0 bridgehead atoms. The van der Waals surface area contributed by atoms with Crippen molar-refractivity contribution in [3.05, 3.63) is 91.4 Å². The van der Waals surface area contributed by atoms with Crippen molar-refractivity contribution in [1.29, 1.82) is 0 Å². The molecule has 1 fully saturated rings. The lowest BCUT2D eigenvalue weighted by Crippen LogP contribution is -2.54. The number of benzene rings is 3. The predicted molar refractivity (Wildman–Crippen MR) is 151 cm³/mol. The average molecular weight is 636 g/mol. The number of amides is 2. The summed E-state index contributed by atoms with van der Waals surface area (Å²) in [6.45, 7) is 0.176. The Balaban J connectivity index is 1.64. The zero-order chi connectivity index (χ0) is 27.6. The summed E-state index contributed by atoms with van der Waals surface area (Å²) in [5, 5.41) is 12.4. The molecular weight excluding hydrogens is 619 g/mol. The van der Waals surface area contributed by atoms with Crippen molar-refractivity contribution in [2.75, 3.05) is 12.0 Å². The second-order valence-electron chi connectivity index (χ2n) is 7.88. The Morgan fingerprint density at radius 3 is 2.58 bits per heavy atom. The lowest BCUT2D eigenvalue weighted by molar-refractivity contribution is -0.122. The number of carboxylic acids is 1. The third-order valence-corrected chi connectivity index (χ3v) is 7.00. The Kier molecular flexibility index (Phi) is 8.37. The van der Waals surface area contributed by atoms with E-state index >= 15 is 0 Å². The average Bonchev–Trinajstić information content (AvgIpc) is 2.87. The highest BCUT2D eigenvalue weighted by Crippen LogP contribution is 2.38. The van der Waals surface area contributed by atoms with E-state index in [1.165, 1.54) is 37.5 Å². The van der Waals surface area contributed by atoms with Gasteiger partial charge < -0.3 is 14.6 Å². The number of halogens is 3. The van der Waals surface area contributed by atoms with E-state index in [-0.39, 0.29) is 28.5 Å². The van der Waals surface area contributed by atoms with Crippen molar-refractivity contribution in [3.8, 4) is 11.5 Å². The van der Waals surface area contributed by atoms with E-state index in [0.717, 1.165) is 10.5 Å². The first-order valence-electron chi connectivity index (χ1n) is 10.8. The van der Waals surface area contributed by atoms with Gasteiger partial charge in [0.1, 0.15) is 12.2 Å². The molecule has 3 aromatic rings. The molecule has 4 rings (SSSR count). The molecule has 0 unspecified atom stereocenters. The molecule has 8 nitrogen and oxygen atoms in total. The molecule has 194 valence electrons. The smallest absolute Gasteiger partial charge is 0.335 e. The number of anilines is 1. The number of carboxylic acid groups (broad SMARTS) is 1. The molecule has 2 N–H and O–H groups in total. The van der Waals surface area contributed by atoms with Gasteiger partial charge in [0.05, 0.1) is 32.9 Å². The highest BCUT2D eigenvalue weighted by Gasteiger charge is 2.35. The van der Waals surface area contributed by atoms with Crippen LogP contribution >= 0.6 is 51.3 Å². The van der Waals surface area contributed by atoms with Crippen molar-refractivity contribution in [1.82, 2.24) is 5.32 Å². The predicted octanol–water partition coefficient (Wildman–Crippen LogP) is 5.87. The highest BCUT2D eigenvalue weighted by molar-refractivity contribution is 9.10. The summed E-state index contributed by atoms with van der Waals surface area (Å²) >= 11 is 20.7. The van der Waals surface area contributed by atoms with Crippen LogP contribution in [0.15, 0.2) is 64.6 Å². The van der Waals surface area contributed by atoms with Crippen LogP contribution in [0.5, 0.6) is 11.5 Å². The summed E-state index contributed by atoms with van der Waals surface area (Å²) in [7, 11) is 1.46. The lowest BCUT2D eigenvalue weighted by Gasteiger charge is -2.29. The quantitative estimate of drug-likeness (QED) is 0.190. The van der Waals surface area contributed by atoms with Gasteiger partial charge in [0.15, 0.2) is 16.6 Å². The summed E-state index contributed by atoms with van der Waals surface area (Å²) in [4.78, 5) is 38.5. The third-order valence-electron chi connectivity index (χ3n) is 5.38. The zero-order valence-electron chi connectivity index (χ0n) is 19.5. The maximum atomic E-state index is 13.3. The number of carbonyl (C=O) groups is 3. The van der Waals surface area contributed by atoms with E-state index in [0.29, 0.717) is 31.6 Å². The number of nitrogens with zero attached hydrogens (tertiary/aromatic N) is 1. The molecule has 0 atom stereocenters. The molecule has 0 radical (unpaired) electrons. The molecule has 0 aromatic heterocycles. The van der Waals surface area contributed by atoms with E-state index < -0.39 is 17.8 Å². The van der Waals surface area contributed by atoms with Crippen molar-refractivity contribution in [2.45, 2.75) is 6.61 Å². The first-order valence-corrected chi connectivity index (χ1v) is 12.7. The minimum absolute atomic E-state index is 0.0364. The SMILES string of the molecule is COc1cc(C=C2C(=O)NC(=S)N(c3cccc(C(=O)O)c3)C2=O)cc(Br)c1OCc1ccc(Cl)c(Cl)c1. The van der Waals surface area contributed by atoms with Gasteiger partial charge in [-0.25, -0.2) is 4.79 Å². The molecule has 0 aliphatic carbocycles. The van der Waals surface area contributed by atoms with Crippen LogP contribution in [0.2, 0.25) is 10.0 Å². The van der Waals surface area contributed by atoms with Crippen LogP contribution in [0.3, 0.4) is 0 Å². The van der Waals surface area contributed by atoms with Gasteiger partial charge in [-0.3, -0.25) is 19.8 Å². The van der Waals surface area contributed by atoms with Gasteiger partial charge in [0, 0.05) is 0 Å². The van der Waals surface area contributed by atoms with Gasteiger partial charge >= 0.3 is 5.97 Å². The number of nitrogens with one attached hydrogen (secondary N) is 1. The third kappa shape index (κ3) is 5.83. The Morgan fingerprint density at radius 1 is 1.13 bits per heavy atom. The molecule has 1 aliphatic heterocycles. The van der Waals surface area contributed by atoms with Crippen LogP contribution < -0.4 is 19.7 Å². The summed E-state index contributed by atoms with van der Waals surface area (Å²) in [5.74, 6) is -1.83.